The molecule has 1 fully saturated rings. The van der Waals surface area contributed by atoms with Crippen LogP contribution in [-0.2, 0) is 15.0 Å². The fourth-order valence-electron chi connectivity index (χ4n) is 1.04. The fraction of sp³-hybridized carbons (Fsp3) is 0.400. The summed E-state index contributed by atoms with van der Waals surface area (Å²) in [5.41, 5.74) is 0. The van der Waals surface area contributed by atoms with Gasteiger partial charge in [-0.05, 0) is 0 Å². The van der Waals surface area contributed by atoms with E-state index in [0.717, 1.165) is 0 Å². The highest BCUT2D eigenvalue weighted by atomic mass is 32.2. The Morgan fingerprint density at radius 1 is 1.50 bits per heavy atom. The number of nitrogens with one attached hydrogen (secondary N) is 2. The first-order chi connectivity index (χ1) is 7.20. The van der Waals surface area contributed by atoms with Gasteiger partial charge in [0.1, 0.15) is 6.04 Å². The molecule has 10 nitrogen and oxygen atoms in total. The van der Waals surface area contributed by atoms with E-state index in [9.17, 15) is 22.8 Å². The molecule has 5 N–H and O–H groups in total. The van der Waals surface area contributed by atoms with E-state index >= 15 is 0 Å². The summed E-state index contributed by atoms with van der Waals surface area (Å²) in [6, 6.07) is -2.25. The maximum atomic E-state index is 11.1. The zero-order valence-electron chi connectivity index (χ0n) is 7.71. The molecule has 1 rings (SSSR count). The lowest BCUT2D eigenvalue weighted by molar-refractivity contribution is -0.138. The predicted molar refractivity (Wildman–Crippen MR) is 48.3 cm³/mol. The van der Waals surface area contributed by atoms with Gasteiger partial charge in [-0.2, -0.15) is 8.42 Å². The van der Waals surface area contributed by atoms with Gasteiger partial charge in [-0.25, -0.2) is 19.5 Å². The number of carboxylic acid groups (broad SMARTS) is 1. The van der Waals surface area contributed by atoms with Crippen LogP contribution in [0.25, 0.3) is 0 Å². The molecular weight excluding hydrogens is 244 g/mol. The number of carbonyl (C=O) groups is 3. The molecule has 0 unspecified atom stereocenters. The Morgan fingerprint density at radius 2 is 2.06 bits per heavy atom. The second kappa shape index (κ2) is 3.94. The number of nitrogens with zero attached hydrogens (tertiary/aromatic N) is 1. The van der Waals surface area contributed by atoms with Crippen molar-refractivity contribution >= 4 is 28.2 Å². The van der Waals surface area contributed by atoms with Crippen molar-refractivity contribution in [2.24, 2.45) is 5.14 Å². The van der Waals surface area contributed by atoms with Crippen molar-refractivity contribution in [3.05, 3.63) is 0 Å². The van der Waals surface area contributed by atoms with Gasteiger partial charge in [-0.15, -0.1) is 0 Å². The van der Waals surface area contributed by atoms with Crippen molar-refractivity contribution in [1.29, 1.82) is 0 Å². The molecule has 1 atom stereocenters. The molecule has 4 amide bonds. The molecule has 0 bridgehead atoms. The van der Waals surface area contributed by atoms with E-state index < -0.39 is 34.3 Å². The van der Waals surface area contributed by atoms with E-state index in [2.05, 4.69) is 5.14 Å². The van der Waals surface area contributed by atoms with Crippen molar-refractivity contribution in [1.82, 2.24) is 14.9 Å². The summed E-state index contributed by atoms with van der Waals surface area (Å²) in [6.07, 6.45) is -1.41. The summed E-state index contributed by atoms with van der Waals surface area (Å²) in [7, 11) is -4.24. The summed E-state index contributed by atoms with van der Waals surface area (Å²) in [6.45, 7) is -0.244. The average molecular weight is 252 g/mol. The van der Waals surface area contributed by atoms with Gasteiger partial charge >= 0.3 is 12.1 Å². The van der Waals surface area contributed by atoms with Crippen molar-refractivity contribution in [3.63, 3.8) is 0 Å². The van der Waals surface area contributed by atoms with E-state index in [1.54, 1.807) is 0 Å². The zero-order chi connectivity index (χ0) is 12.5. The summed E-state index contributed by atoms with van der Waals surface area (Å²) >= 11 is 0. The highest BCUT2D eigenvalue weighted by Crippen LogP contribution is 2.10. The van der Waals surface area contributed by atoms with Gasteiger partial charge in [-0.3, -0.25) is 9.69 Å². The monoisotopic (exact) mass is 252 g/mol. The number of hydrogen-bond acceptors (Lipinski definition) is 5. The van der Waals surface area contributed by atoms with E-state index in [0.29, 0.717) is 4.90 Å². The molecule has 0 saturated carbocycles. The molecular formula is C5H8N4O6S. The largest absolute Gasteiger partial charge is 0.465 e. The van der Waals surface area contributed by atoms with E-state index in [-0.39, 0.29) is 6.54 Å². The van der Waals surface area contributed by atoms with Crippen LogP contribution in [0.1, 0.15) is 0 Å². The molecule has 0 aliphatic carbocycles. The van der Waals surface area contributed by atoms with Gasteiger partial charge in [-0.1, -0.05) is 0 Å². The molecule has 16 heavy (non-hydrogen) atoms. The Labute approximate surface area is 89.6 Å². The van der Waals surface area contributed by atoms with Gasteiger partial charge in [0.25, 0.3) is 16.1 Å². The van der Waals surface area contributed by atoms with Crippen LogP contribution in [0.4, 0.5) is 9.59 Å². The molecule has 0 radical (unpaired) electrons. The van der Waals surface area contributed by atoms with Crippen LogP contribution in [0.2, 0.25) is 0 Å². The number of likely N-dealkylation sites (tertiary alicyclic amines) is 1. The third-order valence-electron chi connectivity index (χ3n) is 1.70. The third kappa shape index (κ3) is 2.80. The SMILES string of the molecule is NS(=O)(=O)NC(=O)N1C[C@H](NC(=O)O)C1=O. The highest BCUT2D eigenvalue weighted by molar-refractivity contribution is 7.87. The van der Waals surface area contributed by atoms with Gasteiger partial charge in [0, 0.05) is 0 Å². The van der Waals surface area contributed by atoms with Crippen LogP contribution in [-0.4, -0.2) is 49.0 Å². The minimum absolute atomic E-state index is 0.244. The van der Waals surface area contributed by atoms with Crippen molar-refractivity contribution < 1.29 is 27.9 Å². The summed E-state index contributed by atoms with van der Waals surface area (Å²) in [5, 5.41) is 14.6. The minimum Gasteiger partial charge on any atom is -0.465 e. The van der Waals surface area contributed by atoms with Gasteiger partial charge in [0.15, 0.2) is 0 Å². The lowest BCUT2D eigenvalue weighted by atomic mass is 10.1. The molecule has 1 heterocycles. The molecule has 11 heteroatoms. The number of β-lactam (4-membered cyclic amide) rings is 1. The highest BCUT2D eigenvalue weighted by Gasteiger charge is 2.42. The maximum absolute atomic E-state index is 11.1. The average Bonchev–Trinajstić information content (AvgIpc) is 2.07. The topological polar surface area (TPSA) is 159 Å². The van der Waals surface area contributed by atoms with E-state index in [4.69, 9.17) is 5.11 Å². The Balaban J connectivity index is 2.53. The smallest absolute Gasteiger partial charge is 0.405 e. The molecule has 1 aliphatic heterocycles. The second-order valence-corrected chi connectivity index (χ2v) is 4.20. The van der Waals surface area contributed by atoms with Crippen molar-refractivity contribution in [2.75, 3.05) is 6.54 Å². The number of imide groups is 1. The van der Waals surface area contributed by atoms with Crippen LogP contribution >= 0.6 is 0 Å². The van der Waals surface area contributed by atoms with E-state index in [1.165, 1.54) is 4.72 Å². The Kier molecular flexibility index (Phi) is 3.00. The second-order valence-electron chi connectivity index (χ2n) is 2.90. The maximum Gasteiger partial charge on any atom is 0.405 e. The molecule has 0 aromatic heterocycles. The van der Waals surface area contributed by atoms with Crippen molar-refractivity contribution in [2.45, 2.75) is 6.04 Å². The fourth-order valence-corrected chi connectivity index (χ4v) is 1.40. The molecule has 0 spiro atoms. The lowest BCUT2D eigenvalue weighted by Gasteiger charge is -2.35. The number of rotatable bonds is 2. The van der Waals surface area contributed by atoms with Crippen LogP contribution in [0.5, 0.6) is 0 Å². The normalized spacial score (nSPS) is 19.9. The van der Waals surface area contributed by atoms with Crippen LogP contribution in [0.3, 0.4) is 0 Å². The van der Waals surface area contributed by atoms with Crippen molar-refractivity contribution in [3.8, 4) is 0 Å². The zero-order valence-corrected chi connectivity index (χ0v) is 8.52. The lowest BCUT2D eigenvalue weighted by Crippen LogP contribution is -2.67. The van der Waals surface area contributed by atoms with Gasteiger partial charge < -0.3 is 10.4 Å². The number of nitrogens with two attached hydrogens (primary N) is 1. The summed E-state index contributed by atoms with van der Waals surface area (Å²) < 4.78 is 22.3. The van der Waals surface area contributed by atoms with Crippen LogP contribution in [0.15, 0.2) is 0 Å². The Hall–Kier alpha value is -1.88. The first-order valence-electron chi connectivity index (χ1n) is 3.86. The van der Waals surface area contributed by atoms with Gasteiger partial charge in [0.05, 0.1) is 6.54 Å². The minimum atomic E-state index is -4.24. The number of carbonyl (C=O) groups excluding carboxylic acids is 2. The number of amides is 4. The first-order valence-corrected chi connectivity index (χ1v) is 5.40. The quantitative estimate of drug-likeness (QED) is 0.393. The number of urea groups is 1. The Morgan fingerprint density at radius 3 is 2.44 bits per heavy atom. The standard InChI is InChI=1S/C5H8N4O6S/c6-16(14,15)8-4(11)9-1-2(3(9)10)7-5(12)13/h2,7H,1H2,(H,8,11)(H,12,13)(H2,6,14,15)/t2-/m0/s1. The molecule has 1 aliphatic rings. The Bertz CT molecular complexity index is 444. The van der Waals surface area contributed by atoms with Crippen LogP contribution in [0, 0.1) is 0 Å². The molecule has 90 valence electrons. The molecule has 0 aromatic rings. The summed E-state index contributed by atoms with van der Waals surface area (Å²) in [4.78, 5) is 32.8. The van der Waals surface area contributed by atoms with Gasteiger partial charge in [0.2, 0.25) is 0 Å². The third-order valence-corrected chi connectivity index (χ3v) is 2.16. The molecule has 1 saturated heterocycles. The number of hydrogen-bond donors (Lipinski definition) is 4. The summed E-state index contributed by atoms with van der Waals surface area (Å²) in [5.74, 6) is -0.844. The van der Waals surface area contributed by atoms with E-state index in [1.807, 2.05) is 5.32 Å². The van der Waals surface area contributed by atoms with Crippen LogP contribution < -0.4 is 15.2 Å². The molecule has 0 aromatic carbocycles. The first kappa shape index (κ1) is 12.2. The predicted octanol–water partition coefficient (Wildman–Crippen LogP) is -2.62.